The molecule has 1 rings (SSSR count). The highest BCUT2D eigenvalue weighted by molar-refractivity contribution is 5.86. The second-order valence-electron chi connectivity index (χ2n) is 4.62. The molecule has 1 N–H and O–H groups in total. The molecule has 0 fully saturated rings. The zero-order valence-corrected chi connectivity index (χ0v) is 13.3. The molecule has 1 aromatic heterocycles. The molecule has 0 aliphatic rings. The minimum absolute atomic E-state index is 0.0792. The van der Waals surface area contributed by atoms with Gasteiger partial charge in [0.1, 0.15) is 6.26 Å². The molecule has 2 amide bonds. The van der Waals surface area contributed by atoms with Crippen molar-refractivity contribution in [2.75, 3.05) is 33.9 Å². The fourth-order valence-corrected chi connectivity index (χ4v) is 1.68. The average Bonchev–Trinajstić information content (AvgIpc) is 2.99. The number of nitrogens with one attached hydrogen (secondary N) is 1. The molecule has 1 heterocycles. The number of hydrogen-bond donors (Lipinski definition) is 1. The summed E-state index contributed by atoms with van der Waals surface area (Å²) >= 11 is 0. The molecule has 0 spiro atoms. The first kappa shape index (κ1) is 18.0. The molecule has 1 aromatic rings. The van der Waals surface area contributed by atoms with Crippen molar-refractivity contribution in [3.63, 3.8) is 0 Å². The summed E-state index contributed by atoms with van der Waals surface area (Å²) in [6.07, 6.45) is 3.13. The molecule has 8 heteroatoms. The largest absolute Gasteiger partial charge is 0.464 e. The van der Waals surface area contributed by atoms with Crippen LogP contribution in [0, 0.1) is 0 Å². The lowest BCUT2D eigenvalue weighted by Gasteiger charge is -2.21. The van der Waals surface area contributed by atoms with Crippen molar-refractivity contribution >= 4 is 12.0 Å². The number of unbranched alkanes of at least 4 members (excludes halogenated alkanes) is 1. The second kappa shape index (κ2) is 9.78. The molecule has 0 saturated heterocycles. The maximum absolute atomic E-state index is 12.1. The summed E-state index contributed by atoms with van der Waals surface area (Å²) in [6.45, 7) is 3.60. The summed E-state index contributed by atoms with van der Waals surface area (Å²) < 4.78 is 14.8. The number of rotatable bonds is 9. The van der Waals surface area contributed by atoms with Crippen molar-refractivity contribution in [1.82, 2.24) is 15.2 Å². The summed E-state index contributed by atoms with van der Waals surface area (Å²) in [7, 11) is 2.83. The lowest BCUT2D eigenvalue weighted by molar-refractivity contribution is 0.0594. The Morgan fingerprint density at radius 1 is 1.41 bits per heavy atom. The van der Waals surface area contributed by atoms with Crippen LogP contribution < -0.4 is 5.32 Å². The fraction of sp³-hybridized carbons (Fsp3) is 0.643. The number of nitrogens with zero attached hydrogens (tertiary/aromatic N) is 2. The molecular weight excluding hydrogens is 290 g/mol. The summed E-state index contributed by atoms with van der Waals surface area (Å²) in [6, 6.07) is -0.219. The van der Waals surface area contributed by atoms with Gasteiger partial charge in [-0.25, -0.2) is 14.6 Å². The van der Waals surface area contributed by atoms with Crippen LogP contribution >= 0.6 is 0 Å². The van der Waals surface area contributed by atoms with Crippen molar-refractivity contribution in [2.24, 2.45) is 0 Å². The summed E-state index contributed by atoms with van der Waals surface area (Å²) in [5.74, 6) is -0.312. The minimum Gasteiger partial charge on any atom is -0.464 e. The lowest BCUT2D eigenvalue weighted by atomic mass is 10.3. The molecule has 0 aromatic carbocycles. The van der Waals surface area contributed by atoms with E-state index in [1.54, 1.807) is 7.11 Å². The predicted octanol–water partition coefficient (Wildman–Crippen LogP) is 1.42. The standard InChI is InChI=1S/C14H23N3O5/c1-4-5-6-15-14(19)17(7-8-20-2)9-12-16-11(10-22-12)13(18)21-3/h10H,4-9H2,1-3H3,(H,15,19). The highest BCUT2D eigenvalue weighted by Gasteiger charge is 2.18. The van der Waals surface area contributed by atoms with Gasteiger partial charge in [-0.1, -0.05) is 13.3 Å². The van der Waals surface area contributed by atoms with Crippen LogP contribution in [-0.2, 0) is 16.0 Å². The Balaban J connectivity index is 2.65. The number of oxazole rings is 1. The maximum Gasteiger partial charge on any atom is 0.360 e. The Kier molecular flexibility index (Phi) is 7.98. The van der Waals surface area contributed by atoms with Gasteiger partial charge in [-0.05, 0) is 6.42 Å². The highest BCUT2D eigenvalue weighted by Crippen LogP contribution is 2.07. The van der Waals surface area contributed by atoms with Gasteiger partial charge in [0, 0.05) is 20.2 Å². The first-order valence-corrected chi connectivity index (χ1v) is 7.16. The zero-order valence-electron chi connectivity index (χ0n) is 13.3. The first-order chi connectivity index (χ1) is 10.6. The third kappa shape index (κ3) is 5.72. The molecule has 0 saturated carbocycles. The number of ether oxygens (including phenoxy) is 2. The molecule has 0 aliphatic carbocycles. The Morgan fingerprint density at radius 3 is 2.82 bits per heavy atom. The Hall–Kier alpha value is -2.09. The van der Waals surface area contributed by atoms with Crippen molar-refractivity contribution in [1.29, 1.82) is 0 Å². The van der Waals surface area contributed by atoms with Gasteiger partial charge in [0.2, 0.25) is 5.89 Å². The maximum atomic E-state index is 12.1. The van der Waals surface area contributed by atoms with E-state index in [4.69, 9.17) is 9.15 Å². The van der Waals surface area contributed by atoms with Gasteiger partial charge in [0.15, 0.2) is 5.69 Å². The Labute approximate surface area is 129 Å². The summed E-state index contributed by atoms with van der Waals surface area (Å²) in [5, 5.41) is 2.82. The third-order valence-corrected chi connectivity index (χ3v) is 2.93. The van der Waals surface area contributed by atoms with E-state index in [0.717, 1.165) is 12.8 Å². The van der Waals surface area contributed by atoms with Crippen molar-refractivity contribution in [3.8, 4) is 0 Å². The van der Waals surface area contributed by atoms with Gasteiger partial charge in [-0.3, -0.25) is 0 Å². The molecule has 0 atom stereocenters. The number of hydrogen-bond acceptors (Lipinski definition) is 6. The van der Waals surface area contributed by atoms with Gasteiger partial charge in [0.25, 0.3) is 0 Å². The van der Waals surface area contributed by atoms with E-state index in [1.807, 2.05) is 0 Å². The van der Waals surface area contributed by atoms with Crippen molar-refractivity contribution < 1.29 is 23.5 Å². The van der Waals surface area contributed by atoms with E-state index in [0.29, 0.717) is 19.7 Å². The molecule has 0 radical (unpaired) electrons. The van der Waals surface area contributed by atoms with Gasteiger partial charge in [-0.15, -0.1) is 0 Å². The average molecular weight is 313 g/mol. The van der Waals surface area contributed by atoms with Crippen LogP contribution in [0.3, 0.4) is 0 Å². The number of carbonyl (C=O) groups is 2. The quantitative estimate of drug-likeness (QED) is 0.547. The first-order valence-electron chi connectivity index (χ1n) is 7.16. The number of esters is 1. The second-order valence-corrected chi connectivity index (χ2v) is 4.62. The number of methoxy groups -OCH3 is 2. The summed E-state index contributed by atoms with van der Waals surface area (Å²) in [4.78, 5) is 29.0. The molecule has 124 valence electrons. The van der Waals surface area contributed by atoms with Gasteiger partial charge >= 0.3 is 12.0 Å². The van der Waals surface area contributed by atoms with Gasteiger partial charge in [-0.2, -0.15) is 0 Å². The SMILES string of the molecule is CCCCNC(=O)N(CCOC)Cc1nc(C(=O)OC)co1. The topological polar surface area (TPSA) is 93.9 Å². The molecule has 0 bridgehead atoms. The molecule has 0 unspecified atom stereocenters. The van der Waals surface area contributed by atoms with Crippen molar-refractivity contribution in [3.05, 3.63) is 17.8 Å². The van der Waals surface area contributed by atoms with Crippen LogP contribution in [-0.4, -0.2) is 55.8 Å². The smallest absolute Gasteiger partial charge is 0.360 e. The van der Waals surface area contributed by atoms with Crippen LogP contribution in [0.2, 0.25) is 0 Å². The van der Waals surface area contributed by atoms with E-state index in [1.165, 1.54) is 18.3 Å². The van der Waals surface area contributed by atoms with E-state index in [2.05, 4.69) is 22.0 Å². The number of carbonyl (C=O) groups excluding carboxylic acids is 2. The zero-order chi connectivity index (χ0) is 16.4. The number of urea groups is 1. The highest BCUT2D eigenvalue weighted by atomic mass is 16.5. The molecule has 8 nitrogen and oxygen atoms in total. The van der Waals surface area contributed by atoms with Crippen LogP contribution in [0.15, 0.2) is 10.7 Å². The predicted molar refractivity (Wildman–Crippen MR) is 78.4 cm³/mol. The number of aromatic nitrogens is 1. The van der Waals surface area contributed by atoms with E-state index >= 15 is 0 Å². The van der Waals surface area contributed by atoms with E-state index in [-0.39, 0.29) is 24.2 Å². The van der Waals surface area contributed by atoms with Crippen molar-refractivity contribution in [2.45, 2.75) is 26.3 Å². The molecular formula is C14H23N3O5. The van der Waals surface area contributed by atoms with Crippen LogP contribution in [0.25, 0.3) is 0 Å². The van der Waals surface area contributed by atoms with E-state index in [9.17, 15) is 9.59 Å². The van der Waals surface area contributed by atoms with Gasteiger partial charge < -0.3 is 24.1 Å². The minimum atomic E-state index is -0.578. The number of amides is 2. The monoisotopic (exact) mass is 313 g/mol. The molecule has 22 heavy (non-hydrogen) atoms. The summed E-state index contributed by atoms with van der Waals surface area (Å²) in [5.41, 5.74) is 0.0792. The van der Waals surface area contributed by atoms with Crippen LogP contribution in [0.5, 0.6) is 0 Å². The van der Waals surface area contributed by atoms with Crippen LogP contribution in [0.1, 0.15) is 36.1 Å². The Morgan fingerprint density at radius 2 is 2.18 bits per heavy atom. The Bertz CT molecular complexity index is 475. The molecule has 0 aliphatic heterocycles. The lowest BCUT2D eigenvalue weighted by Crippen LogP contribution is -2.41. The van der Waals surface area contributed by atoms with Crippen LogP contribution in [0.4, 0.5) is 4.79 Å². The van der Waals surface area contributed by atoms with E-state index < -0.39 is 5.97 Å². The third-order valence-electron chi connectivity index (χ3n) is 2.93. The normalized spacial score (nSPS) is 10.3. The van der Waals surface area contributed by atoms with Gasteiger partial charge in [0.05, 0.1) is 20.3 Å². The fourth-order valence-electron chi connectivity index (χ4n) is 1.68.